The first kappa shape index (κ1) is 24.5. The van der Waals surface area contributed by atoms with Gasteiger partial charge < -0.3 is 9.32 Å². The molecule has 0 unspecified atom stereocenters. The molecule has 1 fully saturated rings. The summed E-state index contributed by atoms with van der Waals surface area (Å²) in [5.41, 5.74) is 4.34. The van der Waals surface area contributed by atoms with Crippen LogP contribution in [0, 0.1) is 0 Å². The lowest BCUT2D eigenvalue weighted by molar-refractivity contribution is -0.122. The Hall–Kier alpha value is -3.58. The zero-order chi connectivity index (χ0) is 25.0. The minimum absolute atomic E-state index is 0.0774. The number of furan rings is 1. The van der Waals surface area contributed by atoms with Gasteiger partial charge in [0.05, 0.1) is 23.9 Å². The van der Waals surface area contributed by atoms with Gasteiger partial charge in [0, 0.05) is 19.8 Å². The summed E-state index contributed by atoms with van der Waals surface area (Å²) in [6.07, 6.45) is 5.19. The minimum atomic E-state index is -0.115. The Balaban J connectivity index is 1.58. The maximum Gasteiger partial charge on any atom is 0.267 e. The van der Waals surface area contributed by atoms with Gasteiger partial charge in [0.25, 0.3) is 5.91 Å². The predicted molar refractivity (Wildman–Crippen MR) is 146 cm³/mol. The summed E-state index contributed by atoms with van der Waals surface area (Å²) in [5.74, 6) is 0.571. The van der Waals surface area contributed by atoms with E-state index >= 15 is 0 Å². The smallest absolute Gasteiger partial charge is 0.267 e. The van der Waals surface area contributed by atoms with Crippen molar-refractivity contribution in [3.05, 3.63) is 94.3 Å². The summed E-state index contributed by atoms with van der Waals surface area (Å²) < 4.78 is 5.47. The molecule has 1 amide bonds. The van der Waals surface area contributed by atoms with E-state index in [1.54, 1.807) is 17.4 Å². The molecule has 0 radical (unpaired) electrons. The van der Waals surface area contributed by atoms with Crippen molar-refractivity contribution in [2.24, 2.45) is 10.2 Å². The van der Waals surface area contributed by atoms with Gasteiger partial charge in [-0.3, -0.25) is 9.69 Å². The van der Waals surface area contributed by atoms with Crippen LogP contribution in [0.2, 0.25) is 0 Å². The zero-order valence-electron chi connectivity index (χ0n) is 20.7. The average molecular weight is 487 g/mol. The Morgan fingerprint density at radius 1 is 1.00 bits per heavy atom. The highest BCUT2D eigenvalue weighted by atomic mass is 32.2. The number of carbonyl (C=O) groups is 1. The van der Waals surface area contributed by atoms with Crippen molar-refractivity contribution in [3.8, 4) is 0 Å². The summed E-state index contributed by atoms with van der Waals surface area (Å²) >= 11 is 1.32. The van der Waals surface area contributed by atoms with E-state index in [0.717, 1.165) is 16.8 Å². The molecular weight excluding hydrogens is 456 g/mol. The standard InChI is InChI=1S/C28H30N4O2S/c1-28(2,3)22-12-8-20(9-13-22)17-25-26(33)32(19-24-7-6-16-34-24)27(35-25)30-29-18-21-10-14-23(15-11-21)31(4)5/h6-18H,19H2,1-5H3/b25-17-,29-18-,30-27+. The lowest BCUT2D eigenvalue weighted by Crippen LogP contribution is -2.28. The van der Waals surface area contributed by atoms with Crippen LogP contribution in [0.1, 0.15) is 43.2 Å². The number of hydrogen-bond acceptors (Lipinski definition) is 6. The number of amidine groups is 1. The van der Waals surface area contributed by atoms with Gasteiger partial charge in [0.2, 0.25) is 0 Å². The van der Waals surface area contributed by atoms with E-state index in [-0.39, 0.29) is 11.3 Å². The van der Waals surface area contributed by atoms with Crippen LogP contribution < -0.4 is 4.90 Å². The Kier molecular flexibility index (Phi) is 7.26. The van der Waals surface area contributed by atoms with Gasteiger partial charge in [-0.2, -0.15) is 5.10 Å². The van der Waals surface area contributed by atoms with Gasteiger partial charge in [-0.15, -0.1) is 5.10 Å². The van der Waals surface area contributed by atoms with Crippen molar-refractivity contribution < 1.29 is 9.21 Å². The molecule has 3 aromatic rings. The number of carbonyl (C=O) groups excluding carboxylic acids is 1. The van der Waals surface area contributed by atoms with Crippen LogP contribution >= 0.6 is 11.8 Å². The molecule has 2 aromatic carbocycles. The van der Waals surface area contributed by atoms with Crippen molar-refractivity contribution in [1.29, 1.82) is 0 Å². The van der Waals surface area contributed by atoms with Crippen molar-refractivity contribution >= 4 is 40.8 Å². The highest BCUT2D eigenvalue weighted by Crippen LogP contribution is 2.34. The van der Waals surface area contributed by atoms with Gasteiger partial charge in [-0.25, -0.2) is 0 Å². The second kappa shape index (κ2) is 10.4. The topological polar surface area (TPSA) is 61.4 Å². The Morgan fingerprint density at radius 2 is 1.69 bits per heavy atom. The molecule has 0 bridgehead atoms. The largest absolute Gasteiger partial charge is 0.467 e. The third-order valence-corrected chi connectivity index (χ3v) is 6.61. The van der Waals surface area contributed by atoms with E-state index in [0.29, 0.717) is 22.4 Å². The van der Waals surface area contributed by atoms with Crippen LogP contribution in [0.4, 0.5) is 5.69 Å². The van der Waals surface area contributed by atoms with Gasteiger partial charge in [-0.05, 0) is 64.2 Å². The van der Waals surface area contributed by atoms with Gasteiger partial charge >= 0.3 is 0 Å². The predicted octanol–water partition coefficient (Wildman–Crippen LogP) is 6.15. The Bertz CT molecular complexity index is 1250. The van der Waals surface area contributed by atoms with E-state index in [9.17, 15) is 4.79 Å². The molecule has 2 heterocycles. The van der Waals surface area contributed by atoms with Gasteiger partial charge in [0.15, 0.2) is 5.17 Å². The lowest BCUT2D eigenvalue weighted by atomic mass is 9.87. The molecule has 0 aliphatic carbocycles. The highest BCUT2D eigenvalue weighted by Gasteiger charge is 2.34. The van der Waals surface area contributed by atoms with Crippen LogP contribution in [0.15, 0.2) is 86.5 Å². The molecule has 1 aliphatic heterocycles. The molecular formula is C28H30N4O2S. The quantitative estimate of drug-likeness (QED) is 0.238. The number of amides is 1. The fraction of sp³-hybridized carbons (Fsp3) is 0.250. The molecule has 1 aromatic heterocycles. The summed E-state index contributed by atoms with van der Waals surface area (Å²) in [6, 6.07) is 20.0. The normalized spacial score (nSPS) is 16.7. The minimum Gasteiger partial charge on any atom is -0.467 e. The average Bonchev–Trinajstić information content (AvgIpc) is 3.43. The number of thioether (sulfide) groups is 1. The monoisotopic (exact) mass is 486 g/mol. The van der Waals surface area contributed by atoms with Crippen molar-refractivity contribution in [3.63, 3.8) is 0 Å². The summed E-state index contributed by atoms with van der Waals surface area (Å²) in [5, 5.41) is 9.18. The fourth-order valence-corrected chi connectivity index (χ4v) is 4.45. The molecule has 1 saturated heterocycles. The molecule has 1 aliphatic rings. The molecule has 0 saturated carbocycles. The third-order valence-electron chi connectivity index (χ3n) is 5.62. The summed E-state index contributed by atoms with van der Waals surface area (Å²) in [7, 11) is 4.00. The van der Waals surface area contributed by atoms with E-state index in [1.165, 1.54) is 17.3 Å². The Labute approximate surface area is 211 Å². The SMILES string of the molecule is CN(C)c1ccc(/C=N\N=C2\S/C(=C\c3ccc(C(C)(C)C)cc3)C(=O)N2Cc2ccco2)cc1. The number of rotatable bonds is 6. The molecule has 7 heteroatoms. The maximum absolute atomic E-state index is 13.3. The van der Waals surface area contributed by atoms with E-state index in [4.69, 9.17) is 4.42 Å². The van der Waals surface area contributed by atoms with Crippen LogP contribution in [0.25, 0.3) is 6.08 Å². The van der Waals surface area contributed by atoms with Crippen molar-refractivity contribution in [1.82, 2.24) is 4.90 Å². The molecule has 180 valence electrons. The molecule has 0 N–H and O–H groups in total. The van der Waals surface area contributed by atoms with Crippen molar-refractivity contribution in [2.75, 3.05) is 19.0 Å². The molecule has 6 nitrogen and oxygen atoms in total. The molecule has 4 rings (SSSR count). The summed E-state index contributed by atoms with van der Waals surface area (Å²) in [6.45, 7) is 6.85. The van der Waals surface area contributed by atoms with Crippen LogP contribution in [-0.2, 0) is 16.8 Å². The highest BCUT2D eigenvalue weighted by molar-refractivity contribution is 8.18. The lowest BCUT2D eigenvalue weighted by Gasteiger charge is -2.18. The molecule has 35 heavy (non-hydrogen) atoms. The first-order valence-electron chi connectivity index (χ1n) is 11.4. The number of benzene rings is 2. The summed E-state index contributed by atoms with van der Waals surface area (Å²) in [4.78, 5) is 17.5. The number of anilines is 1. The second-order valence-corrected chi connectivity index (χ2v) is 10.6. The third kappa shape index (κ3) is 6.11. The number of hydrogen-bond donors (Lipinski definition) is 0. The first-order valence-corrected chi connectivity index (χ1v) is 12.2. The van der Waals surface area contributed by atoms with E-state index in [2.05, 4.69) is 43.1 Å². The van der Waals surface area contributed by atoms with E-state index in [1.807, 2.05) is 73.6 Å². The molecule has 0 atom stereocenters. The van der Waals surface area contributed by atoms with Crippen LogP contribution in [0.3, 0.4) is 0 Å². The van der Waals surface area contributed by atoms with Gasteiger partial charge in [-0.1, -0.05) is 57.2 Å². The van der Waals surface area contributed by atoms with Gasteiger partial charge in [0.1, 0.15) is 5.76 Å². The zero-order valence-corrected chi connectivity index (χ0v) is 21.5. The Morgan fingerprint density at radius 3 is 2.29 bits per heavy atom. The number of nitrogens with zero attached hydrogens (tertiary/aromatic N) is 4. The van der Waals surface area contributed by atoms with Crippen LogP contribution in [0.5, 0.6) is 0 Å². The fourth-order valence-electron chi connectivity index (χ4n) is 3.51. The molecule has 0 spiro atoms. The van der Waals surface area contributed by atoms with Crippen LogP contribution in [-0.4, -0.2) is 36.3 Å². The maximum atomic E-state index is 13.3. The first-order chi connectivity index (χ1) is 16.7. The van der Waals surface area contributed by atoms with Crippen molar-refractivity contribution in [2.45, 2.75) is 32.7 Å². The van der Waals surface area contributed by atoms with E-state index < -0.39 is 0 Å². The second-order valence-electron chi connectivity index (χ2n) is 9.57.